The number of aromatic amines is 1. The minimum Gasteiger partial charge on any atom is -0.340 e. The molecule has 0 radical (unpaired) electrons. The van der Waals surface area contributed by atoms with E-state index in [0.29, 0.717) is 0 Å². The quantitative estimate of drug-likeness (QED) is 0.776. The Morgan fingerprint density at radius 1 is 1.33 bits per heavy atom. The van der Waals surface area contributed by atoms with Gasteiger partial charge in [-0.05, 0) is 25.0 Å². The number of pyridine rings is 1. The molecule has 0 aliphatic carbocycles. The summed E-state index contributed by atoms with van der Waals surface area (Å²) in [5, 5.41) is 0. The molecule has 2 heterocycles. The Bertz CT molecular complexity index is 445. The zero-order valence-electron chi connectivity index (χ0n) is 9.38. The second kappa shape index (κ2) is 4.43. The number of aromatic nitrogens is 3. The van der Waals surface area contributed by atoms with E-state index in [-0.39, 0.29) is 0 Å². The van der Waals surface area contributed by atoms with Crippen LogP contribution in [0.4, 0.5) is 0 Å². The fraction of sp³-hybridized carbons (Fsp3) is 0.500. The van der Waals surface area contributed by atoms with Crippen LogP contribution in [0.25, 0.3) is 11.2 Å². The van der Waals surface area contributed by atoms with Gasteiger partial charge < -0.3 is 4.98 Å². The summed E-state index contributed by atoms with van der Waals surface area (Å²) >= 11 is 0. The van der Waals surface area contributed by atoms with Gasteiger partial charge in [0.1, 0.15) is 5.82 Å². The molecule has 0 aromatic carbocycles. The van der Waals surface area contributed by atoms with E-state index in [9.17, 15) is 0 Å². The van der Waals surface area contributed by atoms with Crippen LogP contribution in [0, 0.1) is 6.92 Å². The number of rotatable bonds is 4. The van der Waals surface area contributed by atoms with E-state index < -0.39 is 0 Å². The molecule has 80 valence electrons. The summed E-state index contributed by atoms with van der Waals surface area (Å²) in [6, 6.07) is 2.01. The number of hydrogen-bond acceptors (Lipinski definition) is 2. The molecule has 0 bridgehead atoms. The zero-order chi connectivity index (χ0) is 10.7. The van der Waals surface area contributed by atoms with Crippen LogP contribution >= 0.6 is 0 Å². The van der Waals surface area contributed by atoms with Crippen LogP contribution in [-0.2, 0) is 6.42 Å². The third-order valence-corrected chi connectivity index (χ3v) is 2.67. The first-order valence-electron chi connectivity index (χ1n) is 5.61. The molecular weight excluding hydrogens is 186 g/mol. The predicted octanol–water partition coefficient (Wildman–Crippen LogP) is 3.00. The first-order chi connectivity index (χ1) is 7.31. The van der Waals surface area contributed by atoms with Gasteiger partial charge in [-0.15, -0.1) is 0 Å². The van der Waals surface area contributed by atoms with Gasteiger partial charge in [0.25, 0.3) is 0 Å². The summed E-state index contributed by atoms with van der Waals surface area (Å²) in [6.07, 6.45) is 6.56. The highest BCUT2D eigenvalue weighted by Gasteiger charge is 2.04. The summed E-state index contributed by atoms with van der Waals surface area (Å²) in [5.74, 6) is 1.07. The number of H-pyrrole nitrogens is 1. The first kappa shape index (κ1) is 10.1. The summed E-state index contributed by atoms with van der Waals surface area (Å²) in [5.41, 5.74) is 3.15. The van der Waals surface area contributed by atoms with Crippen molar-refractivity contribution in [1.82, 2.24) is 15.0 Å². The Hall–Kier alpha value is -1.38. The molecule has 0 fully saturated rings. The summed E-state index contributed by atoms with van der Waals surface area (Å²) in [4.78, 5) is 12.1. The van der Waals surface area contributed by atoms with E-state index in [1.807, 2.05) is 12.3 Å². The van der Waals surface area contributed by atoms with Crippen molar-refractivity contribution in [2.45, 2.75) is 39.5 Å². The summed E-state index contributed by atoms with van der Waals surface area (Å²) in [7, 11) is 0. The monoisotopic (exact) mass is 203 g/mol. The Balaban J connectivity index is 2.20. The topological polar surface area (TPSA) is 41.6 Å². The van der Waals surface area contributed by atoms with Crippen LogP contribution in [0.3, 0.4) is 0 Å². The minimum atomic E-state index is 0.849. The molecule has 1 N–H and O–H groups in total. The zero-order valence-corrected chi connectivity index (χ0v) is 9.38. The average Bonchev–Trinajstić information content (AvgIpc) is 2.63. The molecule has 0 atom stereocenters. The smallest absolute Gasteiger partial charge is 0.177 e. The predicted molar refractivity (Wildman–Crippen MR) is 61.9 cm³/mol. The Morgan fingerprint density at radius 3 is 2.93 bits per heavy atom. The third-order valence-electron chi connectivity index (χ3n) is 2.67. The van der Waals surface area contributed by atoms with Crippen LogP contribution < -0.4 is 0 Å². The van der Waals surface area contributed by atoms with Crippen LogP contribution in [0.2, 0.25) is 0 Å². The Morgan fingerprint density at radius 2 is 2.20 bits per heavy atom. The van der Waals surface area contributed by atoms with Crippen LogP contribution in [0.5, 0.6) is 0 Å². The molecule has 2 rings (SSSR count). The number of aryl methyl sites for hydroxylation is 2. The molecular formula is C12H17N3. The molecule has 0 unspecified atom stereocenters. The highest BCUT2D eigenvalue weighted by Crippen LogP contribution is 2.14. The van der Waals surface area contributed by atoms with Crippen molar-refractivity contribution in [2.24, 2.45) is 0 Å². The lowest BCUT2D eigenvalue weighted by molar-refractivity contribution is 0.700. The van der Waals surface area contributed by atoms with Crippen molar-refractivity contribution in [1.29, 1.82) is 0 Å². The minimum absolute atomic E-state index is 0.849. The van der Waals surface area contributed by atoms with Crippen LogP contribution in [0.15, 0.2) is 12.3 Å². The van der Waals surface area contributed by atoms with Crippen molar-refractivity contribution >= 4 is 11.2 Å². The van der Waals surface area contributed by atoms with Crippen LogP contribution in [0.1, 0.15) is 37.6 Å². The number of unbranched alkanes of at least 4 members (excludes halogenated alkanes) is 2. The fourth-order valence-corrected chi connectivity index (χ4v) is 1.74. The van der Waals surface area contributed by atoms with Gasteiger partial charge >= 0.3 is 0 Å². The Kier molecular flexibility index (Phi) is 2.99. The standard InChI is InChI=1S/C12H17N3/c1-3-4-5-6-10-14-11-9(2)7-8-13-12(11)15-10/h7-8H,3-6H2,1-2H3,(H,13,14,15). The second-order valence-corrected chi connectivity index (χ2v) is 3.97. The largest absolute Gasteiger partial charge is 0.340 e. The highest BCUT2D eigenvalue weighted by molar-refractivity contribution is 5.74. The lowest BCUT2D eigenvalue weighted by atomic mass is 10.2. The van der Waals surface area contributed by atoms with E-state index in [0.717, 1.165) is 23.4 Å². The third kappa shape index (κ3) is 2.17. The van der Waals surface area contributed by atoms with Gasteiger partial charge in [0, 0.05) is 12.6 Å². The van der Waals surface area contributed by atoms with Crippen molar-refractivity contribution in [3.63, 3.8) is 0 Å². The van der Waals surface area contributed by atoms with Gasteiger partial charge in [-0.2, -0.15) is 0 Å². The lowest BCUT2D eigenvalue weighted by Gasteiger charge is -1.94. The maximum atomic E-state index is 4.48. The van der Waals surface area contributed by atoms with E-state index in [4.69, 9.17) is 0 Å². The fourth-order valence-electron chi connectivity index (χ4n) is 1.74. The first-order valence-corrected chi connectivity index (χ1v) is 5.61. The maximum Gasteiger partial charge on any atom is 0.177 e. The molecule has 0 aliphatic rings. The molecule has 2 aromatic heterocycles. The molecule has 0 aliphatic heterocycles. The maximum absolute atomic E-state index is 4.48. The molecule has 0 saturated carbocycles. The lowest BCUT2D eigenvalue weighted by Crippen LogP contribution is -1.87. The van der Waals surface area contributed by atoms with Crippen LogP contribution in [-0.4, -0.2) is 15.0 Å². The second-order valence-electron chi connectivity index (χ2n) is 3.97. The summed E-state index contributed by atoms with van der Waals surface area (Å²) in [6.45, 7) is 4.29. The van der Waals surface area contributed by atoms with Gasteiger partial charge in [-0.25, -0.2) is 9.97 Å². The number of nitrogens with one attached hydrogen (secondary N) is 1. The number of fused-ring (bicyclic) bond motifs is 1. The van der Waals surface area contributed by atoms with Gasteiger partial charge in [0.2, 0.25) is 0 Å². The molecule has 0 amide bonds. The Labute approximate surface area is 90.0 Å². The average molecular weight is 203 g/mol. The normalized spacial score (nSPS) is 11.1. The van der Waals surface area contributed by atoms with Crippen molar-refractivity contribution in [3.05, 3.63) is 23.7 Å². The number of imidazole rings is 1. The van der Waals surface area contributed by atoms with Gasteiger partial charge in [-0.1, -0.05) is 19.8 Å². The summed E-state index contributed by atoms with van der Waals surface area (Å²) < 4.78 is 0. The molecule has 15 heavy (non-hydrogen) atoms. The number of hydrogen-bond donors (Lipinski definition) is 1. The van der Waals surface area contributed by atoms with Crippen molar-refractivity contribution < 1.29 is 0 Å². The molecule has 3 heteroatoms. The van der Waals surface area contributed by atoms with Gasteiger partial charge in [0.15, 0.2) is 5.65 Å². The SMILES string of the molecule is CCCCCc1nc2nccc(C)c2[nH]1. The highest BCUT2D eigenvalue weighted by atomic mass is 15.0. The van der Waals surface area contributed by atoms with E-state index in [1.54, 1.807) is 0 Å². The van der Waals surface area contributed by atoms with Gasteiger partial charge in [0.05, 0.1) is 5.52 Å². The van der Waals surface area contributed by atoms with E-state index in [1.165, 1.54) is 24.8 Å². The van der Waals surface area contributed by atoms with Gasteiger partial charge in [-0.3, -0.25) is 0 Å². The van der Waals surface area contributed by atoms with E-state index >= 15 is 0 Å². The van der Waals surface area contributed by atoms with Crippen molar-refractivity contribution in [2.75, 3.05) is 0 Å². The molecule has 2 aromatic rings. The van der Waals surface area contributed by atoms with Crippen molar-refractivity contribution in [3.8, 4) is 0 Å². The molecule has 0 saturated heterocycles. The molecule has 3 nitrogen and oxygen atoms in total. The van der Waals surface area contributed by atoms with E-state index in [2.05, 4.69) is 28.8 Å². The molecule has 0 spiro atoms. The number of nitrogens with zero attached hydrogens (tertiary/aromatic N) is 2.